The molecule has 2 aromatic carbocycles. The van der Waals surface area contributed by atoms with Crippen molar-refractivity contribution in [2.45, 2.75) is 11.7 Å². The van der Waals surface area contributed by atoms with E-state index in [1.807, 2.05) is 77.4 Å². The highest BCUT2D eigenvalue weighted by atomic mass is 32.2. The van der Waals surface area contributed by atoms with Crippen molar-refractivity contribution in [2.75, 3.05) is 18.2 Å². The van der Waals surface area contributed by atoms with E-state index < -0.39 is 0 Å². The number of amides is 1. The maximum absolute atomic E-state index is 12.4. The van der Waals surface area contributed by atoms with E-state index in [1.165, 1.54) is 11.8 Å². The van der Waals surface area contributed by atoms with Gasteiger partial charge in [-0.25, -0.2) is 0 Å². The molecule has 0 atom stereocenters. The molecule has 31 heavy (non-hydrogen) atoms. The molecule has 0 fully saturated rings. The Bertz CT molecular complexity index is 1130. The molecule has 0 unspecified atom stereocenters. The summed E-state index contributed by atoms with van der Waals surface area (Å²) in [6.45, 7) is 0.547. The van der Waals surface area contributed by atoms with Crippen LogP contribution < -0.4 is 10.1 Å². The number of nitrogens with zero attached hydrogens (tertiary/aromatic N) is 4. The SMILES string of the molecule is COc1ccc(Cn2c(SCC(=O)Nc3ccccc3)nnc2-c2ccccn2)cc1. The lowest BCUT2D eigenvalue weighted by Crippen LogP contribution is -2.14. The fourth-order valence-electron chi connectivity index (χ4n) is 2.98. The zero-order valence-electron chi connectivity index (χ0n) is 16.9. The Balaban J connectivity index is 1.55. The van der Waals surface area contributed by atoms with Crippen LogP contribution in [0.3, 0.4) is 0 Å². The molecule has 1 amide bonds. The van der Waals surface area contributed by atoms with Gasteiger partial charge in [0.2, 0.25) is 5.91 Å². The molecule has 0 aliphatic carbocycles. The first-order valence-corrected chi connectivity index (χ1v) is 10.7. The maximum Gasteiger partial charge on any atom is 0.234 e. The molecule has 0 bridgehead atoms. The van der Waals surface area contributed by atoms with Crippen molar-refractivity contribution < 1.29 is 9.53 Å². The number of thioether (sulfide) groups is 1. The maximum atomic E-state index is 12.4. The fraction of sp³-hybridized carbons (Fsp3) is 0.130. The molecule has 0 aliphatic heterocycles. The Hall–Kier alpha value is -3.65. The number of anilines is 1. The summed E-state index contributed by atoms with van der Waals surface area (Å²) in [5.74, 6) is 1.57. The third kappa shape index (κ3) is 5.29. The van der Waals surface area contributed by atoms with Crippen molar-refractivity contribution in [3.63, 3.8) is 0 Å². The molecule has 4 rings (SSSR count). The Morgan fingerprint density at radius 2 is 1.77 bits per heavy atom. The van der Waals surface area contributed by atoms with Crippen molar-refractivity contribution in [3.05, 3.63) is 84.6 Å². The molecule has 0 saturated heterocycles. The van der Waals surface area contributed by atoms with Gasteiger partial charge in [-0.05, 0) is 42.0 Å². The van der Waals surface area contributed by atoms with Crippen molar-refractivity contribution in [1.82, 2.24) is 19.7 Å². The van der Waals surface area contributed by atoms with Gasteiger partial charge >= 0.3 is 0 Å². The summed E-state index contributed by atoms with van der Waals surface area (Å²) in [5, 5.41) is 12.2. The zero-order chi connectivity index (χ0) is 21.5. The monoisotopic (exact) mass is 431 g/mol. The first-order chi connectivity index (χ1) is 15.2. The van der Waals surface area contributed by atoms with E-state index in [9.17, 15) is 4.79 Å². The molecule has 8 heteroatoms. The summed E-state index contributed by atoms with van der Waals surface area (Å²) in [5.41, 5.74) is 2.56. The standard InChI is InChI=1S/C23H21N5O2S/c1-30-19-12-10-17(11-13-19)15-28-22(20-9-5-6-14-24-20)26-27-23(28)31-16-21(29)25-18-7-3-2-4-8-18/h2-14H,15-16H2,1H3,(H,25,29). The largest absolute Gasteiger partial charge is 0.497 e. The number of carbonyl (C=O) groups excluding carboxylic acids is 1. The highest BCUT2D eigenvalue weighted by Gasteiger charge is 2.17. The lowest BCUT2D eigenvalue weighted by Gasteiger charge is -2.11. The molecule has 1 N–H and O–H groups in total. The molecule has 2 heterocycles. The van der Waals surface area contributed by atoms with Crippen LogP contribution in [0.1, 0.15) is 5.56 Å². The number of pyridine rings is 1. The molecule has 4 aromatic rings. The number of para-hydroxylation sites is 1. The number of carbonyl (C=O) groups is 1. The Morgan fingerprint density at radius 1 is 1.00 bits per heavy atom. The van der Waals surface area contributed by atoms with Crippen LogP contribution in [0.15, 0.2) is 84.1 Å². The fourth-order valence-corrected chi connectivity index (χ4v) is 3.72. The molecule has 0 saturated carbocycles. The molecule has 156 valence electrons. The number of benzene rings is 2. The average molecular weight is 432 g/mol. The van der Waals surface area contributed by atoms with Crippen LogP contribution in [0.25, 0.3) is 11.5 Å². The zero-order valence-corrected chi connectivity index (χ0v) is 17.7. The van der Waals surface area contributed by atoms with Crippen LogP contribution in [0.4, 0.5) is 5.69 Å². The van der Waals surface area contributed by atoms with E-state index in [0.717, 1.165) is 22.7 Å². The highest BCUT2D eigenvalue weighted by molar-refractivity contribution is 7.99. The van der Waals surface area contributed by atoms with Gasteiger partial charge in [-0.15, -0.1) is 10.2 Å². The van der Waals surface area contributed by atoms with E-state index in [1.54, 1.807) is 13.3 Å². The second kappa shape index (κ2) is 9.90. The second-order valence-electron chi connectivity index (χ2n) is 6.66. The molecule has 0 radical (unpaired) electrons. The Morgan fingerprint density at radius 3 is 2.48 bits per heavy atom. The molecule has 0 aliphatic rings. The molecular formula is C23H21N5O2S. The van der Waals surface area contributed by atoms with E-state index in [4.69, 9.17) is 4.74 Å². The first-order valence-electron chi connectivity index (χ1n) is 9.68. The first kappa shape index (κ1) is 20.6. The molecule has 2 aromatic heterocycles. The Kier molecular flexibility index (Phi) is 6.59. The smallest absolute Gasteiger partial charge is 0.234 e. The van der Waals surface area contributed by atoms with Crippen LogP contribution in [0.2, 0.25) is 0 Å². The predicted octanol–water partition coefficient (Wildman–Crippen LogP) is 4.13. The van der Waals surface area contributed by atoms with Crippen LogP contribution in [0, 0.1) is 0 Å². The summed E-state index contributed by atoms with van der Waals surface area (Å²) in [4.78, 5) is 16.8. The summed E-state index contributed by atoms with van der Waals surface area (Å²) in [7, 11) is 1.64. The van der Waals surface area contributed by atoms with Crippen LogP contribution >= 0.6 is 11.8 Å². The summed E-state index contributed by atoms with van der Waals surface area (Å²) in [6, 6.07) is 22.9. The van der Waals surface area contributed by atoms with E-state index in [2.05, 4.69) is 20.5 Å². The van der Waals surface area contributed by atoms with E-state index in [-0.39, 0.29) is 11.7 Å². The number of hydrogen-bond donors (Lipinski definition) is 1. The highest BCUT2D eigenvalue weighted by Crippen LogP contribution is 2.25. The summed E-state index contributed by atoms with van der Waals surface area (Å²) < 4.78 is 7.22. The van der Waals surface area contributed by atoms with Crippen LogP contribution in [-0.4, -0.2) is 38.5 Å². The third-order valence-corrected chi connectivity index (χ3v) is 5.47. The van der Waals surface area contributed by atoms with Gasteiger partial charge in [0.1, 0.15) is 11.4 Å². The van der Waals surface area contributed by atoms with Crippen molar-refractivity contribution >= 4 is 23.4 Å². The third-order valence-electron chi connectivity index (χ3n) is 4.50. The minimum absolute atomic E-state index is 0.102. The minimum Gasteiger partial charge on any atom is -0.497 e. The van der Waals surface area contributed by atoms with Crippen molar-refractivity contribution in [1.29, 1.82) is 0 Å². The number of rotatable bonds is 8. The van der Waals surface area contributed by atoms with Crippen LogP contribution in [0.5, 0.6) is 5.75 Å². The van der Waals surface area contributed by atoms with Gasteiger partial charge in [0.25, 0.3) is 0 Å². The number of methoxy groups -OCH3 is 1. The van der Waals surface area contributed by atoms with Crippen LogP contribution in [-0.2, 0) is 11.3 Å². The summed E-state index contributed by atoms with van der Waals surface area (Å²) in [6.07, 6.45) is 1.72. The quantitative estimate of drug-likeness (QED) is 0.423. The van der Waals surface area contributed by atoms with Crippen molar-refractivity contribution in [2.24, 2.45) is 0 Å². The van der Waals surface area contributed by atoms with E-state index in [0.29, 0.717) is 17.5 Å². The number of ether oxygens (including phenoxy) is 1. The minimum atomic E-state index is -0.102. The van der Waals surface area contributed by atoms with Gasteiger partial charge in [-0.3, -0.25) is 14.3 Å². The second-order valence-corrected chi connectivity index (χ2v) is 7.60. The van der Waals surface area contributed by atoms with Gasteiger partial charge in [-0.1, -0.05) is 48.2 Å². The molecule has 0 spiro atoms. The lowest BCUT2D eigenvalue weighted by atomic mass is 10.2. The van der Waals surface area contributed by atoms with E-state index >= 15 is 0 Å². The van der Waals surface area contributed by atoms with Gasteiger partial charge in [0.05, 0.1) is 19.4 Å². The average Bonchev–Trinajstić information content (AvgIpc) is 3.22. The van der Waals surface area contributed by atoms with Gasteiger partial charge in [0.15, 0.2) is 11.0 Å². The number of nitrogens with one attached hydrogen (secondary N) is 1. The lowest BCUT2D eigenvalue weighted by molar-refractivity contribution is -0.113. The Labute approximate surface area is 184 Å². The van der Waals surface area contributed by atoms with Gasteiger partial charge < -0.3 is 10.1 Å². The number of aromatic nitrogens is 4. The van der Waals surface area contributed by atoms with Gasteiger partial charge in [0, 0.05) is 11.9 Å². The predicted molar refractivity (Wildman–Crippen MR) is 121 cm³/mol. The topological polar surface area (TPSA) is 81.9 Å². The number of hydrogen-bond acceptors (Lipinski definition) is 6. The molecular weight excluding hydrogens is 410 g/mol. The molecule has 7 nitrogen and oxygen atoms in total. The van der Waals surface area contributed by atoms with Crippen molar-refractivity contribution in [3.8, 4) is 17.3 Å². The normalized spacial score (nSPS) is 10.6. The van der Waals surface area contributed by atoms with Gasteiger partial charge in [-0.2, -0.15) is 0 Å². The summed E-state index contributed by atoms with van der Waals surface area (Å²) >= 11 is 1.34.